The van der Waals surface area contributed by atoms with Gasteiger partial charge in [0.2, 0.25) is 11.9 Å². The number of carbonyl (C=O) groups excluding carboxylic acids is 3. The van der Waals surface area contributed by atoms with Crippen molar-refractivity contribution in [1.82, 2.24) is 14.8 Å². The van der Waals surface area contributed by atoms with Crippen molar-refractivity contribution in [2.24, 2.45) is 0 Å². The number of hydrogen-bond donors (Lipinski definition) is 1. The van der Waals surface area contributed by atoms with E-state index in [1.165, 1.54) is 31.1 Å². The Kier molecular flexibility index (Phi) is 2.62. The fourth-order valence-corrected chi connectivity index (χ4v) is 2.25. The Hall–Kier alpha value is -3.03. The summed E-state index contributed by atoms with van der Waals surface area (Å²) in [6, 6.07) is 3.11. The summed E-state index contributed by atoms with van der Waals surface area (Å²) in [6.45, 7) is 1.18. The number of ether oxygens (including phenoxy) is 1. The SMILES string of the molecule is CC(=O)N1C(=N)N(C)/C(=C2\OC(=O)c3cccnc32)C1=O. The van der Waals surface area contributed by atoms with Crippen LogP contribution < -0.4 is 0 Å². The van der Waals surface area contributed by atoms with E-state index < -0.39 is 17.8 Å². The number of aromatic nitrogens is 1. The Labute approximate surface area is 119 Å². The maximum absolute atomic E-state index is 12.3. The maximum atomic E-state index is 12.3. The van der Waals surface area contributed by atoms with E-state index in [1.807, 2.05) is 0 Å². The van der Waals surface area contributed by atoms with Crippen LogP contribution in [0, 0.1) is 5.41 Å². The van der Waals surface area contributed by atoms with Gasteiger partial charge in [-0.05, 0) is 12.1 Å². The molecule has 3 rings (SSSR count). The highest BCUT2D eigenvalue weighted by atomic mass is 16.5. The summed E-state index contributed by atoms with van der Waals surface area (Å²) in [5, 5.41) is 7.82. The van der Waals surface area contributed by atoms with Crippen LogP contribution in [0.15, 0.2) is 24.0 Å². The molecular weight excluding hydrogens is 276 g/mol. The second kappa shape index (κ2) is 4.23. The number of cyclic esters (lactones) is 1. The van der Waals surface area contributed by atoms with E-state index >= 15 is 0 Å². The second-order valence-corrected chi connectivity index (χ2v) is 4.51. The number of amides is 2. The first-order valence-electron chi connectivity index (χ1n) is 6.02. The van der Waals surface area contributed by atoms with E-state index in [-0.39, 0.29) is 28.7 Å². The van der Waals surface area contributed by atoms with Crippen LogP contribution in [0.5, 0.6) is 0 Å². The number of nitrogens with one attached hydrogen (secondary N) is 1. The van der Waals surface area contributed by atoms with Crippen molar-refractivity contribution in [1.29, 1.82) is 5.41 Å². The van der Waals surface area contributed by atoms with Crippen molar-refractivity contribution in [3.63, 3.8) is 0 Å². The fraction of sp³-hybridized carbons (Fsp3) is 0.154. The minimum Gasteiger partial charge on any atom is -0.418 e. The van der Waals surface area contributed by atoms with Crippen LogP contribution >= 0.6 is 0 Å². The summed E-state index contributed by atoms with van der Waals surface area (Å²) >= 11 is 0. The van der Waals surface area contributed by atoms with Crippen molar-refractivity contribution in [2.45, 2.75) is 6.92 Å². The number of imide groups is 1. The Morgan fingerprint density at radius 2 is 2.10 bits per heavy atom. The molecule has 2 amide bonds. The molecule has 0 radical (unpaired) electrons. The van der Waals surface area contributed by atoms with Gasteiger partial charge in [0.1, 0.15) is 5.69 Å². The number of esters is 1. The monoisotopic (exact) mass is 286 g/mol. The maximum Gasteiger partial charge on any atom is 0.346 e. The highest BCUT2D eigenvalue weighted by Crippen LogP contribution is 2.34. The van der Waals surface area contributed by atoms with Crippen LogP contribution in [0.4, 0.5) is 0 Å². The number of carbonyl (C=O) groups is 3. The number of hydrogen-bond acceptors (Lipinski definition) is 6. The van der Waals surface area contributed by atoms with Gasteiger partial charge in [-0.15, -0.1) is 0 Å². The Bertz CT molecular complexity index is 752. The average Bonchev–Trinajstić information content (AvgIpc) is 2.87. The molecule has 8 heteroatoms. The molecule has 3 heterocycles. The number of nitrogens with zero attached hydrogens (tertiary/aromatic N) is 3. The quantitative estimate of drug-likeness (QED) is 0.539. The van der Waals surface area contributed by atoms with Gasteiger partial charge in [-0.1, -0.05) is 0 Å². The molecule has 8 nitrogen and oxygen atoms in total. The molecule has 2 aliphatic heterocycles. The minimum atomic E-state index is -0.712. The van der Waals surface area contributed by atoms with Crippen molar-refractivity contribution >= 4 is 29.5 Å². The van der Waals surface area contributed by atoms with Crippen LogP contribution in [0.2, 0.25) is 0 Å². The first kappa shape index (κ1) is 13.0. The summed E-state index contributed by atoms with van der Waals surface area (Å²) in [4.78, 5) is 41.5. The zero-order chi connectivity index (χ0) is 15.3. The molecule has 0 saturated carbocycles. The average molecular weight is 286 g/mol. The molecule has 21 heavy (non-hydrogen) atoms. The normalized spacial score (nSPS) is 21.0. The zero-order valence-corrected chi connectivity index (χ0v) is 11.2. The van der Waals surface area contributed by atoms with E-state index in [9.17, 15) is 14.4 Å². The number of fused-ring (bicyclic) bond motifs is 1. The molecule has 1 aromatic rings. The third kappa shape index (κ3) is 1.65. The van der Waals surface area contributed by atoms with E-state index in [2.05, 4.69) is 4.98 Å². The summed E-state index contributed by atoms with van der Waals surface area (Å²) in [5.41, 5.74) is 0.422. The molecule has 0 aromatic carbocycles. The highest BCUT2D eigenvalue weighted by molar-refractivity contribution is 6.24. The Morgan fingerprint density at radius 3 is 2.71 bits per heavy atom. The van der Waals surface area contributed by atoms with Gasteiger partial charge in [-0.2, -0.15) is 0 Å². The van der Waals surface area contributed by atoms with Gasteiger partial charge >= 0.3 is 5.97 Å². The van der Waals surface area contributed by atoms with Crippen molar-refractivity contribution in [2.75, 3.05) is 7.05 Å². The van der Waals surface area contributed by atoms with E-state index in [1.54, 1.807) is 6.07 Å². The summed E-state index contributed by atoms with van der Waals surface area (Å²) in [7, 11) is 1.44. The molecule has 0 bridgehead atoms. The number of pyridine rings is 1. The predicted molar refractivity (Wildman–Crippen MR) is 69.6 cm³/mol. The molecule has 1 saturated heterocycles. The van der Waals surface area contributed by atoms with Gasteiger partial charge in [0.15, 0.2) is 11.5 Å². The molecule has 0 atom stereocenters. The van der Waals surface area contributed by atoms with Gasteiger partial charge in [0, 0.05) is 20.2 Å². The van der Waals surface area contributed by atoms with Crippen LogP contribution in [0.25, 0.3) is 5.76 Å². The van der Waals surface area contributed by atoms with Crippen molar-refractivity contribution in [3.05, 3.63) is 35.3 Å². The molecule has 106 valence electrons. The Balaban J connectivity index is 2.21. The van der Waals surface area contributed by atoms with Crippen LogP contribution in [-0.4, -0.2) is 45.6 Å². The van der Waals surface area contributed by atoms with Gasteiger partial charge < -0.3 is 9.64 Å². The van der Waals surface area contributed by atoms with Crippen LogP contribution in [-0.2, 0) is 14.3 Å². The Morgan fingerprint density at radius 1 is 1.38 bits per heavy atom. The fourth-order valence-electron chi connectivity index (χ4n) is 2.25. The third-order valence-electron chi connectivity index (χ3n) is 3.24. The molecule has 1 N–H and O–H groups in total. The molecule has 2 aliphatic rings. The van der Waals surface area contributed by atoms with Crippen molar-refractivity contribution in [3.8, 4) is 0 Å². The molecule has 0 spiro atoms. The molecule has 1 fully saturated rings. The summed E-state index contributed by atoms with van der Waals surface area (Å²) < 4.78 is 5.11. The lowest BCUT2D eigenvalue weighted by molar-refractivity contribution is -0.135. The summed E-state index contributed by atoms with van der Waals surface area (Å²) in [5.74, 6) is -2.24. The number of rotatable bonds is 0. The summed E-state index contributed by atoms with van der Waals surface area (Å²) in [6.07, 6.45) is 1.47. The predicted octanol–water partition coefficient (Wildman–Crippen LogP) is 0.176. The first-order chi connectivity index (χ1) is 9.93. The first-order valence-corrected chi connectivity index (χ1v) is 6.02. The zero-order valence-electron chi connectivity index (χ0n) is 11.2. The highest BCUT2D eigenvalue weighted by Gasteiger charge is 2.44. The van der Waals surface area contributed by atoms with Crippen LogP contribution in [0.3, 0.4) is 0 Å². The van der Waals surface area contributed by atoms with E-state index in [0.717, 1.165) is 0 Å². The van der Waals surface area contributed by atoms with E-state index in [0.29, 0.717) is 4.90 Å². The number of guanidine groups is 1. The van der Waals surface area contributed by atoms with Gasteiger partial charge in [0.05, 0.1) is 5.56 Å². The molecule has 0 unspecified atom stereocenters. The van der Waals surface area contributed by atoms with Crippen molar-refractivity contribution < 1.29 is 19.1 Å². The lowest BCUT2D eigenvalue weighted by Crippen LogP contribution is -2.36. The minimum absolute atomic E-state index is 0.0309. The van der Waals surface area contributed by atoms with Gasteiger partial charge in [0.25, 0.3) is 5.91 Å². The lowest BCUT2D eigenvalue weighted by atomic mass is 10.2. The second-order valence-electron chi connectivity index (χ2n) is 4.51. The number of likely N-dealkylation sites (N-methyl/N-ethyl adjacent to an activating group) is 1. The van der Waals surface area contributed by atoms with Gasteiger partial charge in [-0.3, -0.25) is 20.0 Å². The standard InChI is InChI=1S/C13H10N4O4/c1-6(18)17-11(19)9(16(2)13(17)14)10-8-7(12(20)21-10)4-3-5-15-8/h3-5,14H,1-2H3/b10-9-,14-13?. The lowest BCUT2D eigenvalue weighted by Gasteiger charge is -2.12. The largest absolute Gasteiger partial charge is 0.418 e. The smallest absolute Gasteiger partial charge is 0.346 e. The third-order valence-corrected chi connectivity index (χ3v) is 3.24. The molecule has 1 aromatic heterocycles. The topological polar surface area (TPSA) is 104 Å². The van der Waals surface area contributed by atoms with Gasteiger partial charge in [-0.25, -0.2) is 9.69 Å². The van der Waals surface area contributed by atoms with E-state index in [4.69, 9.17) is 10.1 Å². The molecule has 0 aliphatic carbocycles. The molecular formula is C13H10N4O4. The van der Waals surface area contributed by atoms with Crippen LogP contribution in [0.1, 0.15) is 23.0 Å².